The van der Waals surface area contributed by atoms with Gasteiger partial charge in [-0.1, -0.05) is 0 Å². The second-order valence-corrected chi connectivity index (χ2v) is 4.42. The van der Waals surface area contributed by atoms with E-state index in [1.54, 1.807) is 6.92 Å². The normalized spacial score (nSPS) is 13.0. The molecule has 0 heterocycles. The van der Waals surface area contributed by atoms with Crippen molar-refractivity contribution < 1.29 is 10.2 Å². The van der Waals surface area contributed by atoms with Gasteiger partial charge in [0.15, 0.2) is 0 Å². The molecule has 0 saturated heterocycles. The number of aliphatic hydroxyl groups is 1. The van der Waals surface area contributed by atoms with Gasteiger partial charge in [-0.3, -0.25) is 0 Å². The highest BCUT2D eigenvalue weighted by molar-refractivity contribution is 9.10. The van der Waals surface area contributed by atoms with Gasteiger partial charge in [-0.2, -0.15) is 0 Å². The Morgan fingerprint density at radius 3 is 2.00 bits per heavy atom. The van der Waals surface area contributed by atoms with E-state index in [9.17, 15) is 10.2 Å². The van der Waals surface area contributed by atoms with E-state index in [1.165, 1.54) is 0 Å². The molecule has 0 aliphatic carbocycles. The molecule has 0 amide bonds. The van der Waals surface area contributed by atoms with Crippen LogP contribution < -0.4 is 0 Å². The van der Waals surface area contributed by atoms with E-state index in [1.807, 2.05) is 20.8 Å². The van der Waals surface area contributed by atoms with Crippen LogP contribution in [0.5, 0.6) is 5.75 Å². The minimum absolute atomic E-state index is 0.268. The van der Waals surface area contributed by atoms with Gasteiger partial charge >= 0.3 is 0 Å². The van der Waals surface area contributed by atoms with Crippen LogP contribution in [-0.4, -0.2) is 10.2 Å². The van der Waals surface area contributed by atoms with Crippen molar-refractivity contribution in [1.82, 2.24) is 0 Å². The third-order valence-corrected chi connectivity index (χ3v) is 3.65. The van der Waals surface area contributed by atoms with Gasteiger partial charge in [0.25, 0.3) is 0 Å². The lowest BCUT2D eigenvalue weighted by Gasteiger charge is -2.18. The SMILES string of the molecule is Cc1c(C)c(C(C)O)c(C)c(Br)c1O. The summed E-state index contributed by atoms with van der Waals surface area (Å²) >= 11 is 3.32. The Hall–Kier alpha value is -0.540. The zero-order chi connectivity index (χ0) is 11.0. The van der Waals surface area contributed by atoms with Gasteiger partial charge in [0.05, 0.1) is 10.6 Å². The van der Waals surface area contributed by atoms with Crippen molar-refractivity contribution in [2.24, 2.45) is 0 Å². The molecule has 2 N–H and O–H groups in total. The molecule has 0 bridgehead atoms. The summed E-state index contributed by atoms with van der Waals surface area (Å²) in [5, 5.41) is 19.4. The van der Waals surface area contributed by atoms with Crippen molar-refractivity contribution in [3.05, 3.63) is 26.7 Å². The van der Waals surface area contributed by atoms with Crippen LogP contribution in [0, 0.1) is 20.8 Å². The number of hydrogen-bond donors (Lipinski definition) is 2. The van der Waals surface area contributed by atoms with Gasteiger partial charge in [0.2, 0.25) is 0 Å². The molecule has 1 aromatic rings. The van der Waals surface area contributed by atoms with Crippen LogP contribution in [0.1, 0.15) is 35.3 Å². The summed E-state index contributed by atoms with van der Waals surface area (Å²) in [4.78, 5) is 0. The lowest BCUT2D eigenvalue weighted by Crippen LogP contribution is -2.02. The molecule has 0 saturated carbocycles. The topological polar surface area (TPSA) is 40.5 Å². The fraction of sp³-hybridized carbons (Fsp3) is 0.455. The van der Waals surface area contributed by atoms with E-state index >= 15 is 0 Å². The third kappa shape index (κ3) is 1.66. The maximum atomic E-state index is 9.75. The van der Waals surface area contributed by atoms with Crippen LogP contribution in [0.3, 0.4) is 0 Å². The molecule has 1 unspecified atom stereocenters. The van der Waals surface area contributed by atoms with E-state index in [-0.39, 0.29) is 5.75 Å². The number of phenolic OH excluding ortho intramolecular Hbond substituents is 1. The van der Waals surface area contributed by atoms with Crippen LogP contribution in [0.4, 0.5) is 0 Å². The van der Waals surface area contributed by atoms with Gasteiger partial charge in [-0.25, -0.2) is 0 Å². The average molecular weight is 259 g/mol. The first-order chi connectivity index (χ1) is 6.37. The second kappa shape index (κ2) is 3.91. The highest BCUT2D eigenvalue weighted by atomic mass is 79.9. The number of phenols is 1. The van der Waals surface area contributed by atoms with Crippen molar-refractivity contribution in [2.75, 3.05) is 0 Å². The predicted molar refractivity (Wildman–Crippen MR) is 60.7 cm³/mol. The lowest BCUT2D eigenvalue weighted by molar-refractivity contribution is 0.197. The van der Waals surface area contributed by atoms with Crippen molar-refractivity contribution in [3.63, 3.8) is 0 Å². The third-order valence-electron chi connectivity index (χ3n) is 2.68. The lowest BCUT2D eigenvalue weighted by atomic mass is 9.94. The quantitative estimate of drug-likeness (QED) is 0.813. The Labute approximate surface area is 92.7 Å². The number of halogens is 1. The average Bonchev–Trinajstić information content (AvgIpc) is 2.11. The van der Waals surface area contributed by atoms with Crippen LogP contribution in [-0.2, 0) is 0 Å². The number of hydrogen-bond acceptors (Lipinski definition) is 2. The summed E-state index contributed by atoms with van der Waals surface area (Å²) in [6.45, 7) is 7.38. The second-order valence-electron chi connectivity index (χ2n) is 3.63. The highest BCUT2D eigenvalue weighted by Gasteiger charge is 2.17. The van der Waals surface area contributed by atoms with Crippen LogP contribution in [0.25, 0.3) is 0 Å². The number of aliphatic hydroxyl groups excluding tert-OH is 1. The van der Waals surface area contributed by atoms with Gasteiger partial charge in [-0.05, 0) is 65.9 Å². The molecule has 14 heavy (non-hydrogen) atoms. The fourth-order valence-electron chi connectivity index (χ4n) is 1.75. The summed E-state index contributed by atoms with van der Waals surface area (Å²) in [7, 11) is 0. The van der Waals surface area contributed by atoms with E-state index in [4.69, 9.17) is 0 Å². The molecule has 0 aromatic heterocycles. The Balaban J connectivity index is 3.60. The molecule has 0 spiro atoms. The maximum Gasteiger partial charge on any atom is 0.133 e. The first kappa shape index (κ1) is 11.5. The molecular weight excluding hydrogens is 244 g/mol. The largest absolute Gasteiger partial charge is 0.506 e. The maximum absolute atomic E-state index is 9.75. The summed E-state index contributed by atoms with van der Waals surface area (Å²) in [6, 6.07) is 0. The minimum Gasteiger partial charge on any atom is -0.506 e. The summed E-state index contributed by atoms with van der Waals surface area (Å²) in [5.41, 5.74) is 3.57. The molecule has 1 rings (SSSR count). The Kier molecular flexibility index (Phi) is 3.22. The van der Waals surface area contributed by atoms with Crippen LogP contribution >= 0.6 is 15.9 Å². The highest BCUT2D eigenvalue weighted by Crippen LogP contribution is 2.38. The molecule has 3 heteroatoms. The number of rotatable bonds is 1. The fourth-order valence-corrected chi connectivity index (χ4v) is 2.26. The van der Waals surface area contributed by atoms with E-state index < -0.39 is 6.10 Å². The number of aromatic hydroxyl groups is 1. The van der Waals surface area contributed by atoms with Crippen molar-refractivity contribution >= 4 is 15.9 Å². The molecule has 1 aromatic carbocycles. The van der Waals surface area contributed by atoms with E-state index in [2.05, 4.69) is 15.9 Å². The predicted octanol–water partition coefficient (Wildman–Crippen LogP) is 3.13. The number of benzene rings is 1. The van der Waals surface area contributed by atoms with Gasteiger partial charge < -0.3 is 10.2 Å². The summed E-state index contributed by atoms with van der Waals surface area (Å²) in [5.74, 6) is 0.268. The zero-order valence-electron chi connectivity index (χ0n) is 8.85. The van der Waals surface area contributed by atoms with Gasteiger partial charge in [0.1, 0.15) is 5.75 Å². The van der Waals surface area contributed by atoms with Gasteiger partial charge in [0, 0.05) is 0 Å². The van der Waals surface area contributed by atoms with Crippen molar-refractivity contribution in [2.45, 2.75) is 33.8 Å². The molecule has 78 valence electrons. The van der Waals surface area contributed by atoms with E-state index in [0.717, 1.165) is 22.3 Å². The molecule has 0 fully saturated rings. The van der Waals surface area contributed by atoms with Gasteiger partial charge in [-0.15, -0.1) is 0 Å². The molecule has 2 nitrogen and oxygen atoms in total. The van der Waals surface area contributed by atoms with Crippen LogP contribution in [0.2, 0.25) is 0 Å². The smallest absolute Gasteiger partial charge is 0.133 e. The summed E-state index contributed by atoms with van der Waals surface area (Å²) < 4.78 is 0.677. The Morgan fingerprint density at radius 1 is 1.07 bits per heavy atom. The van der Waals surface area contributed by atoms with E-state index in [0.29, 0.717) is 4.47 Å². The monoisotopic (exact) mass is 258 g/mol. The van der Waals surface area contributed by atoms with Crippen molar-refractivity contribution in [1.29, 1.82) is 0 Å². The minimum atomic E-state index is -0.509. The molecular formula is C11H15BrO2. The zero-order valence-corrected chi connectivity index (χ0v) is 10.4. The first-order valence-electron chi connectivity index (χ1n) is 4.54. The summed E-state index contributed by atoms with van der Waals surface area (Å²) in [6.07, 6.45) is -0.509. The molecule has 1 atom stereocenters. The van der Waals surface area contributed by atoms with Crippen molar-refractivity contribution in [3.8, 4) is 5.75 Å². The molecule has 0 aliphatic heterocycles. The molecule has 0 aliphatic rings. The Bertz CT molecular complexity index is 341. The molecule has 0 radical (unpaired) electrons. The standard InChI is InChI=1S/C11H15BrO2/c1-5-6(2)11(14)10(12)7(3)9(5)8(4)13/h8,13-14H,1-4H3. The van der Waals surface area contributed by atoms with Crippen LogP contribution in [0.15, 0.2) is 4.47 Å². The Morgan fingerprint density at radius 2 is 1.57 bits per heavy atom. The first-order valence-corrected chi connectivity index (χ1v) is 5.33.